The molecule has 1 saturated carbocycles. The summed E-state index contributed by atoms with van der Waals surface area (Å²) in [4.78, 5) is 12.3. The van der Waals surface area contributed by atoms with Crippen LogP contribution in [0.4, 0.5) is 17.5 Å². The summed E-state index contributed by atoms with van der Waals surface area (Å²) < 4.78 is 14.1. The lowest BCUT2D eigenvalue weighted by atomic mass is 9.90. The highest BCUT2D eigenvalue weighted by atomic mass is 79.9. The number of rotatable bonds is 6. The van der Waals surface area contributed by atoms with E-state index < -0.39 is 0 Å². The maximum atomic E-state index is 5.54. The smallest absolute Gasteiger partial charge is 0.229 e. The van der Waals surface area contributed by atoms with Crippen LogP contribution in [0.5, 0.6) is 0 Å². The molecule has 1 aromatic carbocycles. The first-order valence-electron chi connectivity index (χ1n) is 13.2. The number of nitrogens with one attached hydrogen (secondary N) is 2. The van der Waals surface area contributed by atoms with Gasteiger partial charge in [0.05, 0.1) is 36.7 Å². The van der Waals surface area contributed by atoms with Crippen LogP contribution < -0.4 is 10.6 Å². The number of nitrogens with zero attached hydrogens (tertiary/aromatic N) is 5. The molecule has 2 N–H and O–H groups in total. The van der Waals surface area contributed by atoms with E-state index in [4.69, 9.17) is 19.4 Å². The van der Waals surface area contributed by atoms with Gasteiger partial charge in [0.15, 0.2) is 0 Å². The van der Waals surface area contributed by atoms with Gasteiger partial charge < -0.3 is 20.1 Å². The Morgan fingerprint density at radius 3 is 2.47 bits per heavy atom. The number of halogens is 1. The number of anilines is 3. The van der Waals surface area contributed by atoms with Gasteiger partial charge in [-0.2, -0.15) is 10.1 Å². The second kappa shape index (κ2) is 11.0. The molecule has 0 radical (unpaired) electrons. The molecule has 4 heterocycles. The first kappa shape index (κ1) is 24.1. The second-order valence-electron chi connectivity index (χ2n) is 10.0. The molecule has 0 amide bonds. The fraction of sp³-hybridized carbons (Fsp3) is 0.577. The Morgan fingerprint density at radius 2 is 1.67 bits per heavy atom. The van der Waals surface area contributed by atoms with Crippen LogP contribution in [0.1, 0.15) is 44.6 Å². The van der Waals surface area contributed by atoms with Crippen molar-refractivity contribution in [1.29, 1.82) is 0 Å². The number of ether oxygens (including phenoxy) is 2. The fourth-order valence-electron chi connectivity index (χ4n) is 5.67. The molecular formula is C26H34BrN7O2. The van der Waals surface area contributed by atoms with Crippen LogP contribution in [0.2, 0.25) is 0 Å². The number of morpholine rings is 1. The molecule has 1 aliphatic carbocycles. The average molecular weight is 557 g/mol. The van der Waals surface area contributed by atoms with E-state index in [2.05, 4.69) is 42.6 Å². The van der Waals surface area contributed by atoms with Gasteiger partial charge >= 0.3 is 0 Å². The number of fused-ring (bicyclic) bond motifs is 1. The van der Waals surface area contributed by atoms with Crippen molar-refractivity contribution in [2.75, 3.05) is 50.2 Å². The molecule has 3 fully saturated rings. The van der Waals surface area contributed by atoms with Crippen LogP contribution in [0.3, 0.4) is 0 Å². The van der Waals surface area contributed by atoms with Crippen LogP contribution in [-0.4, -0.2) is 76.2 Å². The summed E-state index contributed by atoms with van der Waals surface area (Å²) in [6.07, 6.45) is 10.6. The predicted octanol–water partition coefficient (Wildman–Crippen LogP) is 4.74. The van der Waals surface area contributed by atoms with Crippen LogP contribution in [0, 0.1) is 0 Å². The lowest BCUT2D eigenvalue weighted by molar-refractivity contribution is 0.00791. The Labute approximate surface area is 220 Å². The summed E-state index contributed by atoms with van der Waals surface area (Å²) >= 11 is 3.62. The highest BCUT2D eigenvalue weighted by molar-refractivity contribution is 9.10. The number of hydrogen-bond acceptors (Lipinski definition) is 8. The van der Waals surface area contributed by atoms with Crippen molar-refractivity contribution in [2.24, 2.45) is 0 Å². The minimum absolute atomic E-state index is 0.383. The first-order chi connectivity index (χ1) is 17.7. The third-order valence-corrected chi connectivity index (χ3v) is 8.17. The van der Waals surface area contributed by atoms with Gasteiger partial charge in [-0.05, 0) is 56.7 Å². The highest BCUT2D eigenvalue weighted by Crippen LogP contribution is 2.31. The van der Waals surface area contributed by atoms with E-state index in [0.717, 1.165) is 92.1 Å². The lowest BCUT2D eigenvalue weighted by Gasteiger charge is -2.39. The number of hydrogen-bond donors (Lipinski definition) is 2. The lowest BCUT2D eigenvalue weighted by Crippen LogP contribution is -2.46. The van der Waals surface area contributed by atoms with Crippen molar-refractivity contribution in [3.05, 3.63) is 35.1 Å². The summed E-state index contributed by atoms with van der Waals surface area (Å²) in [5, 5.41) is 12.8. The maximum absolute atomic E-state index is 5.54. The van der Waals surface area contributed by atoms with Gasteiger partial charge in [-0.3, -0.25) is 9.58 Å². The van der Waals surface area contributed by atoms with Gasteiger partial charge in [0, 0.05) is 54.4 Å². The molecule has 0 unspecified atom stereocenters. The normalized spacial score (nSPS) is 24.1. The van der Waals surface area contributed by atoms with Gasteiger partial charge in [0.1, 0.15) is 5.82 Å². The Balaban J connectivity index is 1.17. The Bertz CT molecular complexity index is 1170. The number of benzene rings is 1. The van der Waals surface area contributed by atoms with Crippen LogP contribution in [0.15, 0.2) is 35.1 Å². The molecule has 2 aromatic heterocycles. The monoisotopic (exact) mass is 555 g/mol. The topological polar surface area (TPSA) is 89.4 Å². The zero-order valence-corrected chi connectivity index (χ0v) is 22.1. The van der Waals surface area contributed by atoms with E-state index in [1.54, 1.807) is 0 Å². The Hall–Kier alpha value is -2.27. The quantitative estimate of drug-likeness (QED) is 0.450. The first-order valence-corrected chi connectivity index (χ1v) is 13.9. The largest absolute Gasteiger partial charge is 0.381 e. The van der Waals surface area contributed by atoms with Crippen LogP contribution in [0.25, 0.3) is 10.9 Å². The summed E-state index contributed by atoms with van der Waals surface area (Å²) in [6.45, 7) is 5.44. The molecule has 2 saturated heterocycles. The van der Waals surface area contributed by atoms with Crippen molar-refractivity contribution < 1.29 is 9.47 Å². The van der Waals surface area contributed by atoms with E-state index in [1.165, 1.54) is 12.8 Å². The van der Waals surface area contributed by atoms with Gasteiger partial charge in [-0.15, -0.1) is 0 Å². The molecule has 192 valence electrons. The molecule has 3 aromatic rings. The average Bonchev–Trinajstić information content (AvgIpc) is 3.39. The summed E-state index contributed by atoms with van der Waals surface area (Å²) in [7, 11) is 0. The molecule has 36 heavy (non-hydrogen) atoms. The minimum atomic E-state index is 0.383. The van der Waals surface area contributed by atoms with Crippen LogP contribution >= 0.6 is 15.9 Å². The van der Waals surface area contributed by atoms with E-state index in [1.807, 2.05) is 29.2 Å². The SMILES string of the molecule is Brc1ccc2nc(Nc3cnn(C4CCOCC4)c3)nc(N[C@H]3CC[C@H](N4CCOCC4)CC3)c2c1. The molecule has 0 spiro atoms. The molecule has 10 heteroatoms. The van der Waals surface area contributed by atoms with E-state index in [9.17, 15) is 0 Å². The van der Waals surface area contributed by atoms with Gasteiger partial charge in [0.2, 0.25) is 5.95 Å². The van der Waals surface area contributed by atoms with Crippen molar-refractivity contribution >= 4 is 44.3 Å². The molecule has 9 nitrogen and oxygen atoms in total. The molecule has 6 rings (SSSR count). The van der Waals surface area contributed by atoms with Crippen molar-refractivity contribution in [1.82, 2.24) is 24.6 Å². The van der Waals surface area contributed by atoms with Gasteiger partial charge in [-0.1, -0.05) is 15.9 Å². The van der Waals surface area contributed by atoms with Crippen LogP contribution in [-0.2, 0) is 9.47 Å². The predicted molar refractivity (Wildman–Crippen MR) is 144 cm³/mol. The van der Waals surface area contributed by atoms with E-state index >= 15 is 0 Å². The molecule has 3 aliphatic rings. The summed E-state index contributed by atoms with van der Waals surface area (Å²) in [5.74, 6) is 1.47. The standard InChI is InChI=1S/C26H34BrN7O2/c27-18-1-6-24-23(15-18)25(29-19-2-4-21(5-3-19)33-9-13-36-14-10-33)32-26(31-24)30-20-16-28-34(17-20)22-7-11-35-12-8-22/h1,6,15-17,19,21-22H,2-5,7-14H2,(H2,29,30,31,32)/t19-,21-. The van der Waals surface area contributed by atoms with Crippen molar-refractivity contribution in [3.63, 3.8) is 0 Å². The van der Waals surface area contributed by atoms with Gasteiger partial charge in [0.25, 0.3) is 0 Å². The Kier molecular flexibility index (Phi) is 7.36. The maximum Gasteiger partial charge on any atom is 0.229 e. The third-order valence-electron chi connectivity index (χ3n) is 7.68. The number of aromatic nitrogens is 4. The zero-order valence-electron chi connectivity index (χ0n) is 20.5. The van der Waals surface area contributed by atoms with E-state index in [-0.39, 0.29) is 0 Å². The molecule has 2 aliphatic heterocycles. The fourth-order valence-corrected chi connectivity index (χ4v) is 6.03. The third kappa shape index (κ3) is 5.51. The van der Waals surface area contributed by atoms with Gasteiger partial charge in [-0.25, -0.2) is 4.98 Å². The Morgan fingerprint density at radius 1 is 0.889 bits per heavy atom. The summed E-state index contributed by atoms with van der Waals surface area (Å²) in [5.41, 5.74) is 1.81. The second-order valence-corrected chi connectivity index (χ2v) is 10.9. The molecule has 0 atom stereocenters. The van der Waals surface area contributed by atoms with E-state index in [0.29, 0.717) is 24.1 Å². The summed E-state index contributed by atoms with van der Waals surface area (Å²) in [6, 6.07) is 7.63. The zero-order chi connectivity index (χ0) is 24.3. The van der Waals surface area contributed by atoms with Crippen molar-refractivity contribution in [3.8, 4) is 0 Å². The van der Waals surface area contributed by atoms with Crippen molar-refractivity contribution in [2.45, 2.75) is 56.7 Å². The minimum Gasteiger partial charge on any atom is -0.381 e. The highest BCUT2D eigenvalue weighted by Gasteiger charge is 2.27. The molecule has 0 bridgehead atoms. The molecular weight excluding hydrogens is 522 g/mol.